The number of nitrogens with zero attached hydrogens (tertiary/aromatic N) is 1. The third-order valence-corrected chi connectivity index (χ3v) is 5.76. The molecule has 3 nitrogen and oxygen atoms in total. The van der Waals surface area contributed by atoms with Crippen LogP contribution in [0.15, 0.2) is 22.4 Å². The minimum Gasteiger partial charge on any atom is -0.274 e. The molecule has 0 saturated heterocycles. The van der Waals surface area contributed by atoms with E-state index in [4.69, 9.17) is 0 Å². The van der Waals surface area contributed by atoms with Gasteiger partial charge in [0.15, 0.2) is 0 Å². The van der Waals surface area contributed by atoms with Crippen LogP contribution in [0.25, 0.3) is 5.57 Å². The predicted molar refractivity (Wildman–Crippen MR) is 99.5 cm³/mol. The fourth-order valence-electron chi connectivity index (χ4n) is 2.72. The van der Waals surface area contributed by atoms with Crippen LogP contribution < -0.4 is 0 Å². The van der Waals surface area contributed by atoms with Crippen molar-refractivity contribution >= 4 is 40.5 Å². The van der Waals surface area contributed by atoms with Crippen molar-refractivity contribution < 1.29 is 9.59 Å². The Hall–Kier alpha value is -1.07. The molecule has 1 aliphatic heterocycles. The monoisotopic (exact) mass is 351 g/mol. The second-order valence-corrected chi connectivity index (χ2v) is 7.87. The number of amides is 2. The van der Waals surface area contributed by atoms with Gasteiger partial charge in [0.2, 0.25) is 0 Å². The van der Waals surface area contributed by atoms with Crippen molar-refractivity contribution in [2.45, 2.75) is 52.4 Å². The van der Waals surface area contributed by atoms with Gasteiger partial charge in [0, 0.05) is 11.4 Å². The largest absolute Gasteiger partial charge is 0.274 e. The van der Waals surface area contributed by atoms with Gasteiger partial charge in [-0.05, 0) is 23.6 Å². The summed E-state index contributed by atoms with van der Waals surface area (Å²) in [4.78, 5) is 28.3. The van der Waals surface area contributed by atoms with Gasteiger partial charge in [-0.25, -0.2) is 0 Å². The first kappa shape index (κ1) is 18.3. The van der Waals surface area contributed by atoms with Crippen molar-refractivity contribution in [3.63, 3.8) is 0 Å². The first-order valence-electron chi connectivity index (χ1n) is 8.47. The maximum absolute atomic E-state index is 12.7. The Balaban J connectivity index is 1.99. The van der Waals surface area contributed by atoms with Crippen molar-refractivity contribution in [3.05, 3.63) is 27.3 Å². The van der Waals surface area contributed by atoms with Crippen LogP contribution in [0.2, 0.25) is 0 Å². The maximum atomic E-state index is 12.7. The maximum Gasteiger partial charge on any atom is 0.268 e. The van der Waals surface area contributed by atoms with Crippen molar-refractivity contribution in [1.82, 2.24) is 4.90 Å². The summed E-state index contributed by atoms with van der Waals surface area (Å²) < 4.78 is 0. The number of unbranched alkanes of at least 4 members (excludes halogenated alkanes) is 5. The molecule has 0 saturated carbocycles. The number of carbonyl (C=O) groups is 2. The van der Waals surface area contributed by atoms with E-state index in [0.717, 1.165) is 23.5 Å². The standard InChI is InChI=1S/C18H25NO2S2/c1-3-5-6-7-8-9-12-19-17(20)15(14-11-10-13-23-14)16(18(19)21)22-4-2/h10-11,13H,3-9,12H2,1-2H3. The minimum absolute atomic E-state index is 0.0983. The van der Waals surface area contributed by atoms with Crippen LogP contribution >= 0.6 is 23.1 Å². The predicted octanol–water partition coefficient (Wildman–Crippen LogP) is 4.94. The summed E-state index contributed by atoms with van der Waals surface area (Å²) in [6.07, 6.45) is 6.92. The zero-order chi connectivity index (χ0) is 16.7. The molecule has 0 spiro atoms. The quantitative estimate of drug-likeness (QED) is 0.442. The van der Waals surface area contributed by atoms with Gasteiger partial charge in [0.25, 0.3) is 11.8 Å². The van der Waals surface area contributed by atoms with Crippen LogP contribution in [0.1, 0.15) is 57.2 Å². The molecule has 1 aromatic rings. The Morgan fingerprint density at radius 1 is 1.04 bits per heavy atom. The smallest absolute Gasteiger partial charge is 0.268 e. The number of rotatable bonds is 10. The summed E-state index contributed by atoms with van der Waals surface area (Å²) >= 11 is 3.01. The topological polar surface area (TPSA) is 37.4 Å². The molecule has 2 heterocycles. The van der Waals surface area contributed by atoms with Crippen LogP contribution in [-0.2, 0) is 9.59 Å². The molecule has 2 amide bonds. The molecule has 0 unspecified atom stereocenters. The van der Waals surface area contributed by atoms with Gasteiger partial charge >= 0.3 is 0 Å². The van der Waals surface area contributed by atoms with Gasteiger partial charge in [0.1, 0.15) is 0 Å². The van der Waals surface area contributed by atoms with E-state index >= 15 is 0 Å². The fraction of sp³-hybridized carbons (Fsp3) is 0.556. The lowest BCUT2D eigenvalue weighted by Gasteiger charge is -2.14. The van der Waals surface area contributed by atoms with Gasteiger partial charge in [-0.15, -0.1) is 23.1 Å². The highest BCUT2D eigenvalue weighted by molar-refractivity contribution is 8.04. The summed E-state index contributed by atoms with van der Waals surface area (Å²) in [6, 6.07) is 3.85. The van der Waals surface area contributed by atoms with Crippen LogP contribution in [0.4, 0.5) is 0 Å². The number of imide groups is 1. The number of hydrogen-bond donors (Lipinski definition) is 0. The van der Waals surface area contributed by atoms with E-state index in [0.29, 0.717) is 17.0 Å². The molecule has 0 aliphatic carbocycles. The Kier molecular flexibility index (Phi) is 7.37. The Morgan fingerprint density at radius 2 is 1.78 bits per heavy atom. The van der Waals surface area contributed by atoms with Crippen LogP contribution in [0, 0.1) is 0 Å². The number of carbonyl (C=O) groups excluding carboxylic acids is 2. The molecule has 0 atom stereocenters. The molecule has 0 N–H and O–H groups in total. The van der Waals surface area contributed by atoms with Crippen molar-refractivity contribution in [2.24, 2.45) is 0 Å². The van der Waals surface area contributed by atoms with E-state index in [1.54, 1.807) is 0 Å². The normalized spacial score (nSPS) is 15.1. The van der Waals surface area contributed by atoms with E-state index < -0.39 is 0 Å². The van der Waals surface area contributed by atoms with Crippen LogP contribution in [0.5, 0.6) is 0 Å². The van der Waals surface area contributed by atoms with Gasteiger partial charge in [-0.3, -0.25) is 14.5 Å². The molecule has 2 rings (SSSR count). The first-order chi connectivity index (χ1) is 11.2. The Bertz CT molecular complexity index is 564. The first-order valence-corrected chi connectivity index (χ1v) is 10.3. The average Bonchev–Trinajstić information content (AvgIpc) is 3.13. The summed E-state index contributed by atoms with van der Waals surface area (Å²) in [5, 5.41) is 1.95. The molecule has 0 aromatic carbocycles. The highest BCUT2D eigenvalue weighted by Gasteiger charge is 2.38. The van der Waals surface area contributed by atoms with Crippen molar-refractivity contribution in [1.29, 1.82) is 0 Å². The lowest BCUT2D eigenvalue weighted by Crippen LogP contribution is -2.32. The van der Waals surface area contributed by atoms with E-state index in [9.17, 15) is 9.59 Å². The fourth-order valence-corrected chi connectivity index (χ4v) is 4.42. The van der Waals surface area contributed by atoms with E-state index in [1.165, 1.54) is 53.7 Å². The minimum atomic E-state index is -0.109. The van der Waals surface area contributed by atoms with Crippen molar-refractivity contribution in [3.8, 4) is 0 Å². The molecular weight excluding hydrogens is 326 g/mol. The highest BCUT2D eigenvalue weighted by atomic mass is 32.2. The SMILES string of the molecule is CCCCCCCCN1C(=O)C(SCC)=C(c2cccs2)C1=O. The van der Waals surface area contributed by atoms with E-state index in [-0.39, 0.29) is 11.8 Å². The number of hydrogen-bond acceptors (Lipinski definition) is 4. The Labute approximate surface area is 147 Å². The summed E-state index contributed by atoms with van der Waals surface area (Å²) in [6.45, 7) is 4.76. The molecule has 1 aromatic heterocycles. The molecule has 0 fully saturated rings. The van der Waals surface area contributed by atoms with Gasteiger partial charge in [0.05, 0.1) is 10.5 Å². The molecule has 126 valence electrons. The summed E-state index contributed by atoms with van der Waals surface area (Å²) in [5.74, 6) is 0.592. The van der Waals surface area contributed by atoms with E-state index in [1.807, 2.05) is 24.4 Å². The van der Waals surface area contributed by atoms with Gasteiger partial charge in [-0.1, -0.05) is 52.0 Å². The second kappa shape index (κ2) is 9.28. The summed E-state index contributed by atoms with van der Waals surface area (Å²) in [5.41, 5.74) is 0.614. The summed E-state index contributed by atoms with van der Waals surface area (Å²) in [7, 11) is 0. The number of thiophene rings is 1. The third-order valence-electron chi connectivity index (χ3n) is 3.92. The van der Waals surface area contributed by atoms with Crippen LogP contribution in [0.3, 0.4) is 0 Å². The second-order valence-electron chi connectivity index (χ2n) is 5.64. The molecular formula is C18H25NO2S2. The third kappa shape index (κ3) is 4.48. The molecule has 0 radical (unpaired) electrons. The van der Waals surface area contributed by atoms with Gasteiger partial charge in [-0.2, -0.15) is 0 Å². The highest BCUT2D eigenvalue weighted by Crippen LogP contribution is 2.37. The average molecular weight is 352 g/mol. The van der Waals surface area contributed by atoms with Crippen LogP contribution in [-0.4, -0.2) is 29.0 Å². The molecule has 5 heteroatoms. The Morgan fingerprint density at radius 3 is 2.43 bits per heavy atom. The molecule has 0 bridgehead atoms. The lowest BCUT2D eigenvalue weighted by molar-refractivity contribution is -0.136. The van der Waals surface area contributed by atoms with Crippen molar-refractivity contribution in [2.75, 3.05) is 12.3 Å². The van der Waals surface area contributed by atoms with Gasteiger partial charge < -0.3 is 0 Å². The lowest BCUT2D eigenvalue weighted by atomic mass is 10.1. The number of thioether (sulfide) groups is 1. The molecule has 23 heavy (non-hydrogen) atoms. The van der Waals surface area contributed by atoms with E-state index in [2.05, 4.69) is 6.92 Å². The molecule has 1 aliphatic rings. The zero-order valence-electron chi connectivity index (χ0n) is 14.0. The zero-order valence-corrected chi connectivity index (χ0v) is 15.6.